The molecule has 1 aromatic heterocycles. The first kappa shape index (κ1) is 26.4. The Morgan fingerprint density at radius 2 is 1.67 bits per heavy atom. The van der Waals surface area contributed by atoms with Gasteiger partial charge in [-0.2, -0.15) is 13.2 Å². The van der Waals surface area contributed by atoms with E-state index in [2.05, 4.69) is 15.8 Å². The average Bonchev–Trinajstić information content (AvgIpc) is 3.22. The number of halogens is 3. The summed E-state index contributed by atoms with van der Waals surface area (Å²) in [5.41, 5.74) is 6.64. The van der Waals surface area contributed by atoms with E-state index in [0.717, 1.165) is 0 Å². The van der Waals surface area contributed by atoms with Crippen LogP contribution in [0.15, 0.2) is 36.7 Å². The smallest absolute Gasteiger partial charge is 0.426 e. The van der Waals surface area contributed by atoms with E-state index in [1.807, 2.05) is 5.32 Å². The Hall–Kier alpha value is -4.16. The Kier molecular flexibility index (Phi) is 7.51. The number of hydrogen-bond acceptors (Lipinski definition) is 7. The average molecular weight is 509 g/mol. The number of benzene rings is 2. The van der Waals surface area contributed by atoms with Gasteiger partial charge in [0.1, 0.15) is 35.5 Å². The molecule has 0 radical (unpaired) electrons. The van der Waals surface area contributed by atoms with E-state index in [-0.39, 0.29) is 17.1 Å². The van der Waals surface area contributed by atoms with Crippen molar-refractivity contribution in [1.82, 2.24) is 20.3 Å². The van der Waals surface area contributed by atoms with Crippen molar-refractivity contribution in [3.63, 3.8) is 0 Å². The van der Waals surface area contributed by atoms with Crippen molar-refractivity contribution in [2.75, 3.05) is 26.2 Å². The fraction of sp³-hybridized carbons (Fsp3) is 0.348. The number of nitrogens with zero attached hydrogens (tertiary/aromatic N) is 2. The lowest BCUT2D eigenvalue weighted by Crippen LogP contribution is -2.35. The molecular formula is C23H26F3N5O5. The molecule has 0 spiro atoms. The number of aromatic nitrogens is 2. The molecule has 0 bridgehead atoms. The summed E-state index contributed by atoms with van der Waals surface area (Å²) < 4.78 is 55.1. The highest BCUT2D eigenvalue weighted by atomic mass is 19.4. The van der Waals surface area contributed by atoms with Gasteiger partial charge in [0.2, 0.25) is 0 Å². The van der Waals surface area contributed by atoms with Crippen LogP contribution >= 0.6 is 0 Å². The Balaban J connectivity index is 1.88. The summed E-state index contributed by atoms with van der Waals surface area (Å²) in [5, 5.41) is 1.82. The second-order valence-corrected chi connectivity index (χ2v) is 8.59. The molecule has 2 amide bonds. The number of methoxy groups -OCH3 is 2. The number of rotatable bonds is 7. The fourth-order valence-corrected chi connectivity index (χ4v) is 3.25. The minimum absolute atomic E-state index is 0.0192. The summed E-state index contributed by atoms with van der Waals surface area (Å²) >= 11 is 0. The zero-order valence-corrected chi connectivity index (χ0v) is 20.2. The van der Waals surface area contributed by atoms with Crippen molar-refractivity contribution in [3.8, 4) is 17.2 Å². The number of amides is 2. The molecule has 36 heavy (non-hydrogen) atoms. The van der Waals surface area contributed by atoms with Gasteiger partial charge in [0.15, 0.2) is 0 Å². The summed E-state index contributed by atoms with van der Waals surface area (Å²) in [5.74, 6) is -0.951. The van der Waals surface area contributed by atoms with Gasteiger partial charge in [-0.1, -0.05) is 0 Å². The van der Waals surface area contributed by atoms with E-state index in [0.29, 0.717) is 22.4 Å². The predicted octanol–water partition coefficient (Wildman–Crippen LogP) is 4.19. The van der Waals surface area contributed by atoms with Crippen molar-refractivity contribution in [1.29, 1.82) is 0 Å². The molecule has 0 aliphatic rings. The lowest BCUT2D eigenvalue weighted by Gasteiger charge is -2.20. The SMILES string of the molecule is COc1cc(-n2cnc3cc(NNC(=O)OC(C)(C)C)ccc32)cc(OC)c1C(=O)NCC(F)(F)F. The molecule has 1 heterocycles. The second-order valence-electron chi connectivity index (χ2n) is 8.59. The van der Waals surface area contributed by atoms with Gasteiger partial charge in [0.05, 0.1) is 36.6 Å². The van der Waals surface area contributed by atoms with Crippen LogP contribution in [0, 0.1) is 0 Å². The maximum atomic E-state index is 12.6. The molecule has 0 aliphatic carbocycles. The maximum absolute atomic E-state index is 12.6. The quantitative estimate of drug-likeness (QED) is 0.409. The van der Waals surface area contributed by atoms with Crippen LogP contribution in [0.2, 0.25) is 0 Å². The van der Waals surface area contributed by atoms with E-state index in [1.165, 1.54) is 32.7 Å². The highest BCUT2D eigenvalue weighted by Gasteiger charge is 2.30. The summed E-state index contributed by atoms with van der Waals surface area (Å²) in [7, 11) is 2.58. The molecule has 0 saturated heterocycles. The van der Waals surface area contributed by atoms with Crippen molar-refractivity contribution < 1.29 is 37.0 Å². The number of imidazole rings is 1. The van der Waals surface area contributed by atoms with Gasteiger partial charge >= 0.3 is 12.3 Å². The number of nitrogens with one attached hydrogen (secondary N) is 3. The minimum atomic E-state index is -4.57. The number of ether oxygens (including phenoxy) is 3. The number of hydrogen-bond donors (Lipinski definition) is 3. The molecule has 10 nitrogen and oxygen atoms in total. The van der Waals surface area contributed by atoms with Crippen LogP contribution < -0.4 is 25.6 Å². The largest absolute Gasteiger partial charge is 0.496 e. The number of anilines is 1. The Bertz CT molecular complexity index is 1240. The molecule has 3 rings (SSSR count). The zero-order valence-electron chi connectivity index (χ0n) is 20.2. The van der Waals surface area contributed by atoms with Crippen molar-refractivity contribution in [2.24, 2.45) is 0 Å². The van der Waals surface area contributed by atoms with Gasteiger partial charge in [-0.3, -0.25) is 14.8 Å². The molecule has 0 atom stereocenters. The molecule has 3 aromatic rings. The summed E-state index contributed by atoms with van der Waals surface area (Å²) in [4.78, 5) is 28.7. The van der Waals surface area contributed by atoms with Crippen LogP contribution in [0.4, 0.5) is 23.7 Å². The van der Waals surface area contributed by atoms with E-state index in [4.69, 9.17) is 14.2 Å². The maximum Gasteiger partial charge on any atom is 0.426 e. The minimum Gasteiger partial charge on any atom is -0.496 e. The molecule has 0 saturated carbocycles. The van der Waals surface area contributed by atoms with E-state index in [1.54, 1.807) is 43.5 Å². The van der Waals surface area contributed by atoms with Gasteiger partial charge in [0.25, 0.3) is 5.91 Å². The van der Waals surface area contributed by atoms with Crippen LogP contribution in [-0.2, 0) is 4.74 Å². The van der Waals surface area contributed by atoms with Crippen LogP contribution in [0.1, 0.15) is 31.1 Å². The highest BCUT2D eigenvalue weighted by Crippen LogP contribution is 2.34. The molecule has 3 N–H and O–H groups in total. The number of fused-ring (bicyclic) bond motifs is 1. The van der Waals surface area contributed by atoms with E-state index >= 15 is 0 Å². The van der Waals surface area contributed by atoms with Crippen LogP contribution in [0.3, 0.4) is 0 Å². The van der Waals surface area contributed by atoms with Crippen molar-refractivity contribution in [3.05, 3.63) is 42.2 Å². The molecule has 13 heteroatoms. The third-order valence-electron chi connectivity index (χ3n) is 4.70. The number of hydrazine groups is 1. The first-order chi connectivity index (χ1) is 16.8. The zero-order chi connectivity index (χ0) is 26.7. The Labute approximate surface area is 204 Å². The summed E-state index contributed by atoms with van der Waals surface area (Å²) in [6.07, 6.45) is -3.69. The summed E-state index contributed by atoms with van der Waals surface area (Å²) in [6, 6.07) is 8.11. The molecule has 0 fully saturated rings. The van der Waals surface area contributed by atoms with Gasteiger partial charge in [-0.25, -0.2) is 15.2 Å². The van der Waals surface area contributed by atoms with E-state index < -0.39 is 30.3 Å². The first-order valence-electron chi connectivity index (χ1n) is 10.6. The third-order valence-corrected chi connectivity index (χ3v) is 4.70. The topological polar surface area (TPSA) is 116 Å². The molecular weight excluding hydrogens is 483 g/mol. The predicted molar refractivity (Wildman–Crippen MR) is 126 cm³/mol. The first-order valence-corrected chi connectivity index (χ1v) is 10.6. The lowest BCUT2D eigenvalue weighted by atomic mass is 10.1. The highest BCUT2D eigenvalue weighted by molar-refractivity contribution is 6.00. The Morgan fingerprint density at radius 1 is 1.03 bits per heavy atom. The number of carbonyl (C=O) groups excluding carboxylic acids is 2. The lowest BCUT2D eigenvalue weighted by molar-refractivity contribution is -0.123. The molecule has 2 aromatic carbocycles. The summed E-state index contributed by atoms with van der Waals surface area (Å²) in [6.45, 7) is 3.75. The van der Waals surface area contributed by atoms with Crippen LogP contribution in [0.5, 0.6) is 11.5 Å². The monoisotopic (exact) mass is 509 g/mol. The van der Waals surface area contributed by atoms with Gasteiger partial charge in [0, 0.05) is 12.1 Å². The van der Waals surface area contributed by atoms with Crippen LogP contribution in [-0.4, -0.2) is 54.1 Å². The number of carbonyl (C=O) groups is 2. The van der Waals surface area contributed by atoms with E-state index in [9.17, 15) is 22.8 Å². The van der Waals surface area contributed by atoms with Crippen LogP contribution in [0.25, 0.3) is 16.7 Å². The Morgan fingerprint density at radius 3 is 2.22 bits per heavy atom. The van der Waals surface area contributed by atoms with Crippen molar-refractivity contribution >= 4 is 28.7 Å². The third kappa shape index (κ3) is 6.49. The fourth-order valence-electron chi connectivity index (χ4n) is 3.25. The van der Waals surface area contributed by atoms with Gasteiger partial charge in [-0.05, 0) is 39.0 Å². The molecule has 0 aliphatic heterocycles. The molecule has 0 unspecified atom stereocenters. The van der Waals surface area contributed by atoms with Gasteiger partial charge in [-0.15, -0.1) is 0 Å². The van der Waals surface area contributed by atoms with Gasteiger partial charge < -0.3 is 19.5 Å². The standard InChI is InChI=1S/C23H26F3N5O5/c1-22(2,3)36-21(33)30-29-13-6-7-16-15(8-13)28-12-31(16)14-9-17(34-4)19(18(10-14)35-5)20(32)27-11-23(24,25)26/h6-10,12,29H,11H2,1-5H3,(H,27,32)(H,30,33). The molecule has 194 valence electrons. The van der Waals surface area contributed by atoms with Crippen molar-refractivity contribution in [2.45, 2.75) is 32.5 Å². The normalized spacial score (nSPS) is 11.7. The number of alkyl halides is 3. The second kappa shape index (κ2) is 10.2.